The molecule has 0 saturated heterocycles. The molecule has 6 aromatic rings. The van der Waals surface area contributed by atoms with Gasteiger partial charge < -0.3 is 29.5 Å². The number of fused-ring (bicyclic) bond motifs is 4. The fourth-order valence-corrected chi connectivity index (χ4v) is 10.0. The van der Waals surface area contributed by atoms with Gasteiger partial charge in [-0.05, 0) is 162 Å². The van der Waals surface area contributed by atoms with Crippen LogP contribution in [0.5, 0.6) is 11.5 Å². The quantitative estimate of drug-likeness (QED) is 0.108. The molecule has 0 aliphatic heterocycles. The van der Waals surface area contributed by atoms with Crippen LogP contribution in [0.25, 0.3) is 11.1 Å². The number of aliphatic hydroxyl groups excluding tert-OH is 2. The van der Waals surface area contributed by atoms with Crippen LogP contribution < -0.4 is 19.3 Å². The first-order chi connectivity index (χ1) is 28.2. The smallest absolute Gasteiger partial charge is 0.119 e. The van der Waals surface area contributed by atoms with Gasteiger partial charge >= 0.3 is 0 Å². The molecule has 0 saturated carbocycles. The van der Waals surface area contributed by atoms with Crippen molar-refractivity contribution in [2.24, 2.45) is 0 Å². The van der Waals surface area contributed by atoms with Crippen molar-refractivity contribution in [1.82, 2.24) is 0 Å². The molecule has 0 heterocycles. The number of ether oxygens (including phenoxy) is 2. The summed E-state index contributed by atoms with van der Waals surface area (Å²) in [5.41, 5.74) is 14.8. The van der Waals surface area contributed by atoms with Crippen LogP contribution in [-0.4, -0.2) is 24.4 Å². The Hall–Kier alpha value is -5.56. The minimum atomic E-state index is -0.386. The summed E-state index contributed by atoms with van der Waals surface area (Å²) < 4.78 is 11.1. The zero-order valence-corrected chi connectivity index (χ0v) is 35.0. The number of aliphatic hydroxyl groups is 2. The lowest BCUT2D eigenvalue weighted by molar-refractivity contribution is 0.281. The Labute approximate surface area is 344 Å². The molecule has 6 nitrogen and oxygen atoms in total. The Kier molecular flexibility index (Phi) is 10.4. The maximum Gasteiger partial charge on any atom is 0.119 e. The number of hydrogen-bond acceptors (Lipinski definition) is 6. The van der Waals surface area contributed by atoms with Gasteiger partial charge in [-0.3, -0.25) is 0 Å². The predicted molar refractivity (Wildman–Crippen MR) is 237 cm³/mol. The van der Waals surface area contributed by atoms with Gasteiger partial charge in [0.15, 0.2) is 0 Å². The van der Waals surface area contributed by atoms with E-state index in [-0.39, 0.29) is 29.7 Å². The Morgan fingerprint density at radius 2 is 0.983 bits per heavy atom. The zero-order chi connectivity index (χ0) is 40.8. The standard InChI is InChI=1S/C52H56N2O4/c1-8-50(5,53(38-21-25-42(57-6)26-22-38)39-23-27-43(58-7)28-24-39)37-16-29-44-45-31-48-49(32-47(45)51(9-2,10-3)46(44)30-37)52(48,11-4)54(40-17-12-35(33-55)13-18-40)41-19-14-36(34-56)15-20-41/h12-32,55-56H,8-11,33-34H2,1-7H3. The molecule has 0 radical (unpaired) electrons. The highest BCUT2D eigenvalue weighted by atomic mass is 16.5. The van der Waals surface area contributed by atoms with Gasteiger partial charge in [0, 0.05) is 28.2 Å². The first-order valence-corrected chi connectivity index (χ1v) is 20.8. The summed E-state index contributed by atoms with van der Waals surface area (Å²) in [5, 5.41) is 19.7. The molecule has 2 atom stereocenters. The number of anilines is 4. The van der Waals surface area contributed by atoms with E-state index in [0.717, 1.165) is 71.1 Å². The second-order valence-corrected chi connectivity index (χ2v) is 16.1. The fourth-order valence-electron chi connectivity index (χ4n) is 10.0. The molecule has 6 heteroatoms. The minimum absolute atomic E-state index is 0.00693. The van der Waals surface area contributed by atoms with Crippen molar-refractivity contribution in [3.05, 3.63) is 166 Å². The molecule has 298 valence electrons. The van der Waals surface area contributed by atoms with Crippen LogP contribution in [0, 0.1) is 0 Å². The molecule has 2 aliphatic carbocycles. The molecule has 8 rings (SSSR count). The Morgan fingerprint density at radius 1 is 0.517 bits per heavy atom. The third-order valence-electron chi connectivity index (χ3n) is 13.6. The fraction of sp³-hybridized carbons (Fsp3) is 0.308. The Balaban J connectivity index is 1.26. The highest BCUT2D eigenvalue weighted by molar-refractivity contribution is 5.88. The molecule has 0 bridgehead atoms. The lowest BCUT2D eigenvalue weighted by atomic mass is 9.72. The first-order valence-electron chi connectivity index (χ1n) is 20.8. The number of nitrogens with zero attached hydrogens (tertiary/aromatic N) is 2. The average molecular weight is 773 g/mol. The van der Waals surface area contributed by atoms with Crippen LogP contribution >= 0.6 is 0 Å². The molecule has 2 N–H and O–H groups in total. The van der Waals surface area contributed by atoms with Gasteiger partial charge in [-0.2, -0.15) is 0 Å². The third-order valence-corrected chi connectivity index (χ3v) is 13.6. The molecular weight excluding hydrogens is 717 g/mol. The molecule has 0 spiro atoms. The van der Waals surface area contributed by atoms with Gasteiger partial charge in [0.2, 0.25) is 0 Å². The van der Waals surface area contributed by atoms with Gasteiger partial charge in [-0.15, -0.1) is 0 Å². The second kappa shape index (κ2) is 15.3. The van der Waals surface area contributed by atoms with E-state index in [1.165, 1.54) is 38.9 Å². The van der Waals surface area contributed by atoms with E-state index in [1.807, 2.05) is 48.5 Å². The summed E-state index contributed by atoms with van der Waals surface area (Å²) >= 11 is 0. The van der Waals surface area contributed by atoms with Crippen LogP contribution in [0.15, 0.2) is 127 Å². The summed E-state index contributed by atoms with van der Waals surface area (Å²) in [5.74, 6) is 1.66. The normalized spacial score (nSPS) is 16.8. The van der Waals surface area contributed by atoms with Crippen LogP contribution in [0.2, 0.25) is 0 Å². The molecule has 58 heavy (non-hydrogen) atoms. The van der Waals surface area contributed by atoms with Gasteiger partial charge in [-0.1, -0.05) is 76.2 Å². The second-order valence-electron chi connectivity index (χ2n) is 16.1. The van der Waals surface area contributed by atoms with E-state index in [0.29, 0.717) is 0 Å². The van der Waals surface area contributed by atoms with Gasteiger partial charge in [0.05, 0.1) is 38.5 Å². The molecule has 0 amide bonds. The van der Waals surface area contributed by atoms with Crippen molar-refractivity contribution in [3.63, 3.8) is 0 Å². The van der Waals surface area contributed by atoms with Crippen molar-refractivity contribution >= 4 is 22.7 Å². The molecular formula is C52H56N2O4. The van der Waals surface area contributed by atoms with Crippen molar-refractivity contribution in [2.45, 2.75) is 90.0 Å². The van der Waals surface area contributed by atoms with E-state index in [2.05, 4.69) is 123 Å². The maximum absolute atomic E-state index is 9.87. The molecule has 2 unspecified atom stereocenters. The zero-order valence-electron chi connectivity index (χ0n) is 35.0. The van der Waals surface area contributed by atoms with Crippen LogP contribution in [0.3, 0.4) is 0 Å². The van der Waals surface area contributed by atoms with E-state index < -0.39 is 0 Å². The topological polar surface area (TPSA) is 65.4 Å². The maximum atomic E-state index is 9.87. The van der Waals surface area contributed by atoms with Crippen molar-refractivity contribution < 1.29 is 19.7 Å². The van der Waals surface area contributed by atoms with Gasteiger partial charge in [0.1, 0.15) is 11.5 Å². The van der Waals surface area contributed by atoms with Crippen LogP contribution in [0.1, 0.15) is 99.2 Å². The van der Waals surface area contributed by atoms with Gasteiger partial charge in [-0.25, -0.2) is 0 Å². The highest BCUT2D eigenvalue weighted by Crippen LogP contribution is 2.64. The highest BCUT2D eigenvalue weighted by Gasteiger charge is 2.57. The van der Waals surface area contributed by atoms with Crippen LogP contribution in [-0.2, 0) is 29.7 Å². The first kappa shape index (κ1) is 39.3. The molecule has 0 aromatic heterocycles. The number of benzene rings is 6. The summed E-state index contributed by atoms with van der Waals surface area (Å²) in [7, 11) is 3.42. The number of rotatable bonds is 15. The molecule has 2 aliphatic rings. The lowest BCUT2D eigenvalue weighted by Gasteiger charge is -2.44. The van der Waals surface area contributed by atoms with Crippen LogP contribution in [0.4, 0.5) is 22.7 Å². The van der Waals surface area contributed by atoms with E-state index in [1.54, 1.807) is 14.2 Å². The molecule has 6 aromatic carbocycles. The predicted octanol–water partition coefficient (Wildman–Crippen LogP) is 12.0. The minimum Gasteiger partial charge on any atom is -0.497 e. The number of hydrogen-bond donors (Lipinski definition) is 2. The summed E-state index contributed by atoms with van der Waals surface area (Å²) in [6, 6.07) is 45.7. The summed E-state index contributed by atoms with van der Waals surface area (Å²) in [4.78, 5) is 4.94. The largest absolute Gasteiger partial charge is 0.497 e. The van der Waals surface area contributed by atoms with Crippen molar-refractivity contribution in [1.29, 1.82) is 0 Å². The lowest BCUT2D eigenvalue weighted by Crippen LogP contribution is -2.40. The third kappa shape index (κ3) is 5.99. The van der Waals surface area contributed by atoms with E-state index in [9.17, 15) is 10.2 Å². The van der Waals surface area contributed by atoms with E-state index in [4.69, 9.17) is 9.47 Å². The van der Waals surface area contributed by atoms with Gasteiger partial charge in [0.25, 0.3) is 0 Å². The van der Waals surface area contributed by atoms with Crippen molar-refractivity contribution in [3.8, 4) is 22.6 Å². The summed E-state index contributed by atoms with van der Waals surface area (Å²) in [6.45, 7) is 11.7. The average Bonchev–Trinajstić information content (AvgIpc) is 3.83. The summed E-state index contributed by atoms with van der Waals surface area (Å²) in [6.07, 6.45) is 3.75. The Bertz CT molecular complexity index is 2310. The van der Waals surface area contributed by atoms with Crippen molar-refractivity contribution in [2.75, 3.05) is 24.0 Å². The monoisotopic (exact) mass is 772 g/mol. The Morgan fingerprint density at radius 3 is 1.41 bits per heavy atom. The van der Waals surface area contributed by atoms with E-state index >= 15 is 0 Å². The molecule has 0 fully saturated rings. The number of methoxy groups -OCH3 is 2. The SMILES string of the molecule is CCC1(CC)c2cc(C(C)(CC)N(c3ccc(OC)cc3)c3ccc(OC)cc3)ccc2-c2cc3c(cc21)C3(CC)N(c1ccc(CO)cc1)c1ccc(CO)cc1.